The van der Waals surface area contributed by atoms with Crippen molar-refractivity contribution in [2.75, 3.05) is 7.05 Å². The molecule has 0 saturated heterocycles. The molecule has 1 aromatic rings. The molecule has 0 amide bonds. The Kier molecular flexibility index (Phi) is 4.39. The van der Waals surface area contributed by atoms with Gasteiger partial charge in [-0.05, 0) is 29.9 Å². The van der Waals surface area contributed by atoms with Gasteiger partial charge >= 0.3 is 0 Å². The van der Waals surface area contributed by atoms with Gasteiger partial charge in [0, 0.05) is 13.6 Å². The van der Waals surface area contributed by atoms with Crippen LogP contribution in [0.3, 0.4) is 0 Å². The lowest BCUT2D eigenvalue weighted by molar-refractivity contribution is -0.113. The molecule has 1 fully saturated rings. The van der Waals surface area contributed by atoms with Crippen molar-refractivity contribution in [2.24, 2.45) is 22.4 Å². The van der Waals surface area contributed by atoms with Gasteiger partial charge in [-0.1, -0.05) is 43.5 Å². The number of aliphatic imine (C=N–C) groups is 1. The zero-order valence-electron chi connectivity index (χ0n) is 13.7. The highest BCUT2D eigenvalue weighted by atomic mass is 16.1. The van der Waals surface area contributed by atoms with E-state index in [1.807, 2.05) is 24.1 Å². The summed E-state index contributed by atoms with van der Waals surface area (Å²) >= 11 is 0. The van der Waals surface area contributed by atoms with E-state index in [1.165, 1.54) is 19.3 Å². The Morgan fingerprint density at radius 3 is 2.74 bits per heavy atom. The fraction of sp³-hybridized carbons (Fsp3) is 0.556. The summed E-state index contributed by atoms with van der Waals surface area (Å²) in [5.41, 5.74) is 13.5. The zero-order chi connectivity index (χ0) is 16.4. The Hall–Kier alpha value is -1.88. The van der Waals surface area contributed by atoms with Crippen molar-refractivity contribution < 1.29 is 4.79 Å². The van der Waals surface area contributed by atoms with E-state index in [9.17, 15) is 4.79 Å². The second-order valence-corrected chi connectivity index (χ2v) is 6.73. The number of aldehydes is 1. The van der Waals surface area contributed by atoms with Gasteiger partial charge in [-0.3, -0.25) is 0 Å². The van der Waals surface area contributed by atoms with Gasteiger partial charge in [0.05, 0.1) is 0 Å². The third-order valence-electron chi connectivity index (χ3n) is 5.51. The SMILES string of the molecule is CN1C(N)=NC(c2cccc(CN)c2)(C2CCCCC2)C1C=O. The predicted octanol–water partition coefficient (Wildman–Crippen LogP) is 1.75. The van der Waals surface area contributed by atoms with E-state index in [4.69, 9.17) is 16.5 Å². The average molecular weight is 314 g/mol. The van der Waals surface area contributed by atoms with Crippen LogP contribution in [0.4, 0.5) is 0 Å². The van der Waals surface area contributed by atoms with E-state index in [0.717, 1.165) is 30.3 Å². The fourth-order valence-electron chi connectivity index (χ4n) is 4.26. The van der Waals surface area contributed by atoms with E-state index in [-0.39, 0.29) is 6.04 Å². The van der Waals surface area contributed by atoms with Gasteiger partial charge in [0.2, 0.25) is 0 Å². The first-order valence-corrected chi connectivity index (χ1v) is 8.46. The van der Waals surface area contributed by atoms with Crippen LogP contribution in [0.25, 0.3) is 0 Å². The lowest BCUT2D eigenvalue weighted by Crippen LogP contribution is -2.50. The first-order chi connectivity index (χ1) is 11.1. The minimum atomic E-state index is -0.577. The Labute approximate surface area is 137 Å². The summed E-state index contributed by atoms with van der Waals surface area (Å²) in [5, 5.41) is 0. The van der Waals surface area contributed by atoms with Gasteiger partial charge in [0.15, 0.2) is 5.96 Å². The number of carbonyl (C=O) groups excluding carboxylic acids is 1. The maximum absolute atomic E-state index is 12.0. The zero-order valence-corrected chi connectivity index (χ0v) is 13.7. The van der Waals surface area contributed by atoms with E-state index in [0.29, 0.717) is 18.4 Å². The third-order valence-corrected chi connectivity index (χ3v) is 5.51. The molecule has 2 aliphatic rings. The molecule has 5 heteroatoms. The minimum absolute atomic E-state index is 0.336. The molecule has 0 spiro atoms. The lowest BCUT2D eigenvalue weighted by atomic mass is 9.68. The summed E-state index contributed by atoms with van der Waals surface area (Å²) in [4.78, 5) is 18.6. The standard InChI is InChI=1S/C18H26N4O/c1-22-16(12-23)18(21-17(22)20,14-7-3-2-4-8-14)15-9-5-6-13(10-15)11-19/h5-6,9-10,12,14,16H,2-4,7-8,11,19H2,1H3,(H2,20,21). The Morgan fingerprint density at radius 1 is 1.35 bits per heavy atom. The summed E-state index contributed by atoms with van der Waals surface area (Å²) < 4.78 is 0. The molecule has 2 unspecified atom stereocenters. The van der Waals surface area contributed by atoms with Gasteiger partial charge < -0.3 is 21.2 Å². The molecule has 1 saturated carbocycles. The highest BCUT2D eigenvalue weighted by Gasteiger charge is 2.53. The van der Waals surface area contributed by atoms with Gasteiger partial charge in [-0.25, -0.2) is 4.99 Å². The molecule has 0 aromatic heterocycles. The van der Waals surface area contributed by atoms with E-state index >= 15 is 0 Å². The molecule has 1 aliphatic carbocycles. The first kappa shape index (κ1) is 16.0. The maximum atomic E-state index is 12.0. The summed E-state index contributed by atoms with van der Waals surface area (Å²) in [5.74, 6) is 0.786. The van der Waals surface area contributed by atoms with E-state index < -0.39 is 5.54 Å². The summed E-state index contributed by atoms with van der Waals surface area (Å²) in [6.07, 6.45) is 6.81. The molecular formula is C18H26N4O. The number of hydrogen-bond donors (Lipinski definition) is 2. The Bertz CT molecular complexity index is 609. The van der Waals surface area contributed by atoms with Crippen molar-refractivity contribution in [2.45, 2.75) is 50.2 Å². The van der Waals surface area contributed by atoms with E-state index in [2.05, 4.69) is 12.1 Å². The molecule has 1 aromatic carbocycles. The van der Waals surface area contributed by atoms with Crippen molar-refractivity contribution in [3.05, 3.63) is 35.4 Å². The van der Waals surface area contributed by atoms with Gasteiger partial charge in [-0.15, -0.1) is 0 Å². The average Bonchev–Trinajstić information content (AvgIpc) is 2.87. The van der Waals surface area contributed by atoms with Crippen LogP contribution < -0.4 is 11.5 Å². The number of nitrogens with zero attached hydrogens (tertiary/aromatic N) is 2. The molecule has 2 atom stereocenters. The number of carbonyl (C=O) groups is 1. The summed E-state index contributed by atoms with van der Waals surface area (Å²) in [6.45, 7) is 0.482. The second-order valence-electron chi connectivity index (χ2n) is 6.73. The Morgan fingerprint density at radius 2 is 2.09 bits per heavy atom. The lowest BCUT2D eigenvalue weighted by Gasteiger charge is -2.41. The predicted molar refractivity (Wildman–Crippen MR) is 91.8 cm³/mol. The summed E-state index contributed by atoms with van der Waals surface area (Å²) in [6, 6.07) is 7.84. The van der Waals surface area contributed by atoms with Gasteiger partial charge in [0.1, 0.15) is 17.9 Å². The molecule has 0 bridgehead atoms. The van der Waals surface area contributed by atoms with Gasteiger partial charge in [-0.2, -0.15) is 0 Å². The molecular weight excluding hydrogens is 288 g/mol. The number of guanidine groups is 1. The van der Waals surface area contributed by atoms with Crippen LogP contribution in [0.2, 0.25) is 0 Å². The number of rotatable bonds is 4. The van der Waals surface area contributed by atoms with Crippen molar-refractivity contribution in [3.8, 4) is 0 Å². The molecule has 1 aliphatic heterocycles. The molecule has 124 valence electrons. The molecule has 0 radical (unpaired) electrons. The van der Waals surface area contributed by atoms with Crippen molar-refractivity contribution in [1.82, 2.24) is 4.90 Å². The molecule has 3 rings (SSSR count). The van der Waals surface area contributed by atoms with Crippen LogP contribution in [0.15, 0.2) is 29.3 Å². The smallest absolute Gasteiger partial charge is 0.192 e. The van der Waals surface area contributed by atoms with Crippen molar-refractivity contribution >= 4 is 12.2 Å². The largest absolute Gasteiger partial charge is 0.370 e. The van der Waals surface area contributed by atoms with Crippen LogP contribution in [0.5, 0.6) is 0 Å². The second kappa shape index (κ2) is 6.32. The van der Waals surface area contributed by atoms with Crippen LogP contribution in [-0.4, -0.2) is 30.2 Å². The van der Waals surface area contributed by atoms with Crippen LogP contribution in [0.1, 0.15) is 43.2 Å². The number of nitrogens with two attached hydrogens (primary N) is 2. The first-order valence-electron chi connectivity index (χ1n) is 8.46. The van der Waals surface area contributed by atoms with Crippen LogP contribution in [0, 0.1) is 5.92 Å². The highest BCUT2D eigenvalue weighted by Crippen LogP contribution is 2.48. The fourth-order valence-corrected chi connectivity index (χ4v) is 4.26. The highest BCUT2D eigenvalue weighted by molar-refractivity contribution is 5.86. The normalized spacial score (nSPS) is 28.7. The third kappa shape index (κ3) is 2.53. The van der Waals surface area contributed by atoms with Crippen LogP contribution >= 0.6 is 0 Å². The molecule has 4 N–H and O–H groups in total. The maximum Gasteiger partial charge on any atom is 0.192 e. The van der Waals surface area contributed by atoms with Crippen molar-refractivity contribution in [3.63, 3.8) is 0 Å². The quantitative estimate of drug-likeness (QED) is 0.829. The Balaban J connectivity index is 2.15. The topological polar surface area (TPSA) is 84.7 Å². The molecule has 23 heavy (non-hydrogen) atoms. The number of likely N-dealkylation sites (N-methyl/N-ethyl adjacent to an activating group) is 1. The number of hydrogen-bond acceptors (Lipinski definition) is 5. The van der Waals surface area contributed by atoms with E-state index in [1.54, 1.807) is 0 Å². The van der Waals surface area contributed by atoms with Gasteiger partial charge in [0.25, 0.3) is 0 Å². The summed E-state index contributed by atoms with van der Waals surface area (Å²) in [7, 11) is 1.86. The van der Waals surface area contributed by atoms with Crippen molar-refractivity contribution in [1.29, 1.82) is 0 Å². The minimum Gasteiger partial charge on any atom is -0.370 e. The monoisotopic (exact) mass is 314 g/mol. The van der Waals surface area contributed by atoms with Crippen LogP contribution in [-0.2, 0) is 16.9 Å². The molecule has 1 heterocycles. The number of benzene rings is 1. The molecule has 5 nitrogen and oxygen atoms in total.